The van der Waals surface area contributed by atoms with Crippen molar-refractivity contribution in [1.29, 1.82) is 0 Å². The molecule has 55 heavy (non-hydrogen) atoms. The topological polar surface area (TPSA) is 216 Å². The van der Waals surface area contributed by atoms with Gasteiger partial charge in [-0.2, -0.15) is 13.2 Å². The molecule has 0 spiro atoms. The zero-order valence-corrected chi connectivity index (χ0v) is 34.0. The van der Waals surface area contributed by atoms with Gasteiger partial charge in [-0.1, -0.05) is 81.2 Å². The Morgan fingerprint density at radius 2 is 1.47 bits per heavy atom. The van der Waals surface area contributed by atoms with Gasteiger partial charge in [-0.3, -0.25) is 14.4 Å². The molecule has 1 amide bonds. The standard InChI is InChI=1S/C15H12Cl3N3O4S.C9H7F3O2S.C7H10O2.C2H3IO2/c16-15(17,18)13(20-11(22)10-2-1-7-25-10)21-14(26)19-9-5-3-8(4-6-9)12(23)24;10-9(11,12)15-7-4-2-1-3-6(7)5-8(13)14;8-7(9)5-6-3-1-2-4-6;3-1-2(4)5/h1-7,13H,(H,20,22)(H,23,24)(H2,19,21,26);1-4H,5H2,(H,13,14);5H,1-4H2,(H,8,9);1H2,(H,4,5). The third-order valence-electron chi connectivity index (χ3n) is 6.24. The highest BCUT2D eigenvalue weighted by Crippen LogP contribution is 2.38. The Balaban J connectivity index is 0.000000435. The van der Waals surface area contributed by atoms with Crippen molar-refractivity contribution in [3.05, 3.63) is 95.5 Å². The van der Waals surface area contributed by atoms with Crippen molar-refractivity contribution in [3.8, 4) is 0 Å². The second-order valence-electron chi connectivity index (χ2n) is 10.5. The van der Waals surface area contributed by atoms with E-state index >= 15 is 0 Å². The number of thiocarbonyl (C=S) groups is 1. The SMILES string of the molecule is O=C(O)C=C1CCCC1.O=C(O)CI.O=C(O)Cc1ccccc1SC(F)(F)F.O=C(O)c1ccc(NC(=S)NC(NC(=O)c2ccco2)C(Cl)(Cl)Cl)cc1. The Morgan fingerprint density at radius 1 is 0.891 bits per heavy atom. The molecule has 2 aromatic carbocycles. The van der Waals surface area contributed by atoms with Crippen molar-refractivity contribution in [1.82, 2.24) is 10.6 Å². The van der Waals surface area contributed by atoms with Crippen LogP contribution in [0.2, 0.25) is 0 Å². The van der Waals surface area contributed by atoms with Crippen LogP contribution >= 0.6 is 81.4 Å². The number of hydrogen-bond acceptors (Lipinski definition) is 8. The summed E-state index contributed by atoms with van der Waals surface area (Å²) in [7, 11) is 0. The van der Waals surface area contributed by atoms with Gasteiger partial charge in [0.05, 0.1) is 22.7 Å². The summed E-state index contributed by atoms with van der Waals surface area (Å²) in [6.07, 6.45) is 5.42. The summed E-state index contributed by atoms with van der Waals surface area (Å²) in [5.74, 6) is -4.32. The molecule has 0 bridgehead atoms. The number of benzene rings is 2. The van der Waals surface area contributed by atoms with Crippen LogP contribution in [0.3, 0.4) is 0 Å². The summed E-state index contributed by atoms with van der Waals surface area (Å²) in [4.78, 5) is 52.7. The van der Waals surface area contributed by atoms with Crippen molar-refractivity contribution in [3.63, 3.8) is 0 Å². The van der Waals surface area contributed by atoms with E-state index in [0.717, 1.165) is 18.4 Å². The van der Waals surface area contributed by atoms with Gasteiger partial charge >= 0.3 is 29.4 Å². The number of thioether (sulfide) groups is 1. The maximum Gasteiger partial charge on any atom is 0.446 e. The van der Waals surface area contributed by atoms with Crippen LogP contribution in [-0.4, -0.2) is 75.2 Å². The molecule has 1 heterocycles. The summed E-state index contributed by atoms with van der Waals surface area (Å²) < 4.78 is 39.5. The van der Waals surface area contributed by atoms with E-state index in [9.17, 15) is 37.1 Å². The summed E-state index contributed by atoms with van der Waals surface area (Å²) in [6, 6.07) is 14.4. The summed E-state index contributed by atoms with van der Waals surface area (Å²) >= 11 is 24.2. The predicted octanol–water partition coefficient (Wildman–Crippen LogP) is 8.39. The fourth-order valence-corrected chi connectivity index (χ4v) is 5.22. The third kappa shape index (κ3) is 22.4. The molecule has 1 aromatic heterocycles. The first kappa shape index (κ1) is 49.3. The number of hydrogen-bond donors (Lipinski definition) is 7. The Hall–Kier alpha value is -3.76. The minimum absolute atomic E-state index is 0.0363. The van der Waals surface area contributed by atoms with Gasteiger partial charge in [0.2, 0.25) is 3.79 Å². The molecule has 300 valence electrons. The molecule has 4 rings (SSSR count). The van der Waals surface area contributed by atoms with E-state index in [1.54, 1.807) is 28.7 Å². The van der Waals surface area contributed by atoms with Crippen molar-refractivity contribution in [2.45, 2.75) is 52.5 Å². The van der Waals surface area contributed by atoms with E-state index in [1.807, 2.05) is 0 Å². The molecule has 0 radical (unpaired) electrons. The van der Waals surface area contributed by atoms with E-state index in [2.05, 4.69) is 16.0 Å². The molecule has 1 atom stereocenters. The summed E-state index contributed by atoms with van der Waals surface area (Å²) in [5, 5.41) is 41.4. The van der Waals surface area contributed by atoms with Gasteiger partial charge in [-0.05, 0) is 97.7 Å². The smallest absolute Gasteiger partial charge is 0.446 e. The molecule has 22 heteroatoms. The number of carbonyl (C=O) groups excluding carboxylic acids is 1. The number of allylic oxidation sites excluding steroid dienone is 1. The molecule has 7 N–H and O–H groups in total. The fraction of sp³-hybridized carbons (Fsp3) is 0.273. The summed E-state index contributed by atoms with van der Waals surface area (Å²) in [6.45, 7) is 0. The normalized spacial score (nSPS) is 12.5. The Morgan fingerprint density at radius 3 is 1.93 bits per heavy atom. The molecular formula is C33H32Cl3F3IN3O10S2. The lowest BCUT2D eigenvalue weighted by Crippen LogP contribution is -2.56. The monoisotopic (exact) mass is 983 g/mol. The minimum atomic E-state index is -4.39. The van der Waals surface area contributed by atoms with E-state index in [0.29, 0.717) is 5.69 Å². The van der Waals surface area contributed by atoms with Crippen LogP contribution in [0, 0.1) is 0 Å². The number of alkyl halides is 7. The van der Waals surface area contributed by atoms with Gasteiger partial charge in [0.1, 0.15) is 6.17 Å². The van der Waals surface area contributed by atoms with Gasteiger partial charge in [-0.25, -0.2) is 9.59 Å². The molecule has 1 aliphatic carbocycles. The molecule has 1 saturated carbocycles. The third-order valence-corrected chi connectivity index (χ3v) is 8.62. The maximum absolute atomic E-state index is 12.1. The van der Waals surface area contributed by atoms with Crippen molar-refractivity contribution in [2.24, 2.45) is 0 Å². The molecule has 0 saturated heterocycles. The lowest BCUT2D eigenvalue weighted by atomic mass is 10.1. The van der Waals surface area contributed by atoms with E-state index in [4.69, 9.17) is 71.9 Å². The first-order valence-electron chi connectivity index (χ1n) is 15.2. The molecule has 1 fully saturated rings. The molecule has 1 aliphatic rings. The first-order valence-corrected chi connectivity index (χ1v) is 19.1. The van der Waals surface area contributed by atoms with Crippen molar-refractivity contribution < 1.29 is 62.0 Å². The Labute approximate surface area is 350 Å². The number of carbonyl (C=O) groups is 5. The van der Waals surface area contributed by atoms with Crippen LogP contribution in [0.25, 0.3) is 0 Å². The van der Waals surface area contributed by atoms with Crippen molar-refractivity contribution in [2.75, 3.05) is 9.74 Å². The number of nitrogens with one attached hydrogen (secondary N) is 3. The number of furan rings is 1. The number of aromatic carboxylic acids is 1. The molecule has 1 unspecified atom stereocenters. The van der Waals surface area contributed by atoms with Gasteiger partial charge in [-0.15, -0.1) is 0 Å². The van der Waals surface area contributed by atoms with Gasteiger partial charge < -0.3 is 40.8 Å². The largest absolute Gasteiger partial charge is 0.481 e. The number of amides is 1. The molecule has 0 aliphatic heterocycles. The highest BCUT2D eigenvalue weighted by atomic mass is 127. The van der Waals surface area contributed by atoms with Crippen LogP contribution in [0.15, 0.2) is 87.9 Å². The first-order chi connectivity index (χ1) is 25.6. The predicted molar refractivity (Wildman–Crippen MR) is 213 cm³/mol. The maximum atomic E-state index is 12.1. The van der Waals surface area contributed by atoms with Gasteiger partial charge in [0.15, 0.2) is 10.9 Å². The number of halogens is 7. The van der Waals surface area contributed by atoms with E-state index in [-0.39, 0.29) is 43.1 Å². The van der Waals surface area contributed by atoms with Crippen LogP contribution in [0.4, 0.5) is 18.9 Å². The molecule has 13 nitrogen and oxygen atoms in total. The Kier molecular flexibility index (Phi) is 22.1. The highest BCUT2D eigenvalue weighted by Gasteiger charge is 2.35. The van der Waals surface area contributed by atoms with Crippen LogP contribution in [-0.2, 0) is 20.8 Å². The second kappa shape index (κ2) is 24.7. The fourth-order valence-electron chi connectivity index (χ4n) is 3.99. The average Bonchev–Trinajstić information content (AvgIpc) is 3.80. The zero-order chi connectivity index (χ0) is 41.8. The van der Waals surface area contributed by atoms with Crippen LogP contribution in [0.5, 0.6) is 0 Å². The summed E-state index contributed by atoms with van der Waals surface area (Å²) in [5.41, 5.74) is -2.49. The van der Waals surface area contributed by atoms with Crippen molar-refractivity contribution >= 4 is 122 Å². The number of aliphatic carboxylic acids is 3. The quantitative estimate of drug-likeness (QED) is 0.0254. The second-order valence-corrected chi connectivity index (χ2v) is 15.2. The minimum Gasteiger partial charge on any atom is -0.481 e. The lowest BCUT2D eigenvalue weighted by Gasteiger charge is -2.27. The number of carboxylic acids is 4. The highest BCUT2D eigenvalue weighted by molar-refractivity contribution is 14.1. The Bertz CT molecular complexity index is 1770. The molecule has 3 aromatic rings. The number of anilines is 1. The zero-order valence-electron chi connectivity index (χ0n) is 27.9. The lowest BCUT2D eigenvalue weighted by molar-refractivity contribution is -0.136. The van der Waals surface area contributed by atoms with Crippen LogP contribution < -0.4 is 16.0 Å². The van der Waals surface area contributed by atoms with Crippen LogP contribution in [0.1, 0.15) is 52.2 Å². The molecular weight excluding hydrogens is 953 g/mol. The average molecular weight is 985 g/mol. The van der Waals surface area contributed by atoms with Gasteiger partial charge in [0, 0.05) is 16.7 Å². The van der Waals surface area contributed by atoms with Gasteiger partial charge in [0.25, 0.3) is 5.91 Å². The van der Waals surface area contributed by atoms with E-state index in [1.165, 1.54) is 79.8 Å². The number of rotatable bonds is 10. The number of carboxylic acid groups (broad SMARTS) is 4. The van der Waals surface area contributed by atoms with E-state index < -0.39 is 51.7 Å².